The van der Waals surface area contributed by atoms with Crippen molar-refractivity contribution < 1.29 is 14.3 Å². The first-order valence-corrected chi connectivity index (χ1v) is 8.64. The first kappa shape index (κ1) is 18.3. The molecule has 0 fully saturated rings. The maximum atomic E-state index is 11.9. The molecule has 24 heavy (non-hydrogen) atoms. The molecular weight excluding hydrogens is 300 g/mol. The largest absolute Gasteiger partial charge is 0.497 e. The number of rotatable bonds is 8. The number of carbonyl (C=O) groups excluding carboxylic acids is 1. The predicted molar refractivity (Wildman–Crippen MR) is 97.7 cm³/mol. The smallest absolute Gasteiger partial charge is 0.159 e. The number of hydrogen-bond acceptors (Lipinski definition) is 3. The number of ether oxygens (including phenoxy) is 2. The van der Waals surface area contributed by atoms with Crippen LogP contribution in [0.1, 0.15) is 45.1 Å². The van der Waals surface area contributed by atoms with Crippen LogP contribution >= 0.6 is 0 Å². The minimum atomic E-state index is 0.344. The van der Waals surface area contributed by atoms with Gasteiger partial charge in [0.1, 0.15) is 11.5 Å². The van der Waals surface area contributed by atoms with Crippen molar-refractivity contribution >= 4 is 5.78 Å². The van der Waals surface area contributed by atoms with Gasteiger partial charge in [-0.05, 0) is 61.8 Å². The molecule has 0 saturated heterocycles. The number of hydrogen-bond donors (Lipinski definition) is 0. The van der Waals surface area contributed by atoms with Crippen LogP contribution in [0.15, 0.2) is 41.5 Å². The van der Waals surface area contributed by atoms with Crippen molar-refractivity contribution in [3.05, 3.63) is 47.1 Å². The predicted octanol–water partition coefficient (Wildman–Crippen LogP) is 4.90. The molecule has 0 spiro atoms. The van der Waals surface area contributed by atoms with Gasteiger partial charge >= 0.3 is 0 Å². The summed E-state index contributed by atoms with van der Waals surface area (Å²) >= 11 is 0. The van der Waals surface area contributed by atoms with Crippen LogP contribution in [-0.4, -0.2) is 20.0 Å². The van der Waals surface area contributed by atoms with E-state index in [1.165, 1.54) is 11.1 Å². The highest BCUT2D eigenvalue weighted by atomic mass is 16.5. The topological polar surface area (TPSA) is 35.5 Å². The lowest BCUT2D eigenvalue weighted by molar-refractivity contribution is -0.115. The summed E-state index contributed by atoms with van der Waals surface area (Å²) < 4.78 is 10.6. The number of Topliss-reactive ketones (excluding diaryl/α,β-unsaturated/α-hetero) is 1. The minimum Gasteiger partial charge on any atom is -0.497 e. The summed E-state index contributed by atoms with van der Waals surface area (Å²) in [6.07, 6.45) is 8.87. The van der Waals surface area contributed by atoms with Gasteiger partial charge in [0.05, 0.1) is 14.2 Å². The monoisotopic (exact) mass is 328 g/mol. The van der Waals surface area contributed by atoms with Crippen molar-refractivity contribution in [2.45, 2.75) is 46.0 Å². The van der Waals surface area contributed by atoms with Crippen molar-refractivity contribution in [2.75, 3.05) is 14.2 Å². The Morgan fingerprint density at radius 1 is 1.12 bits per heavy atom. The zero-order chi connectivity index (χ0) is 17.5. The van der Waals surface area contributed by atoms with E-state index in [4.69, 9.17) is 9.47 Å². The molecule has 0 saturated carbocycles. The molecule has 0 radical (unpaired) electrons. The van der Waals surface area contributed by atoms with Crippen molar-refractivity contribution in [1.29, 1.82) is 0 Å². The van der Waals surface area contributed by atoms with Crippen molar-refractivity contribution in [3.8, 4) is 11.5 Å². The van der Waals surface area contributed by atoms with Crippen LogP contribution < -0.4 is 9.47 Å². The van der Waals surface area contributed by atoms with Gasteiger partial charge in [0.2, 0.25) is 0 Å². The van der Waals surface area contributed by atoms with E-state index in [0.717, 1.165) is 42.8 Å². The molecule has 1 aromatic carbocycles. The van der Waals surface area contributed by atoms with Gasteiger partial charge in [-0.1, -0.05) is 24.6 Å². The summed E-state index contributed by atoms with van der Waals surface area (Å²) in [5, 5.41) is 0. The Bertz CT molecular complexity index is 618. The quantitative estimate of drug-likeness (QED) is 0.637. The molecule has 1 unspecified atom stereocenters. The fourth-order valence-electron chi connectivity index (χ4n) is 3.11. The van der Waals surface area contributed by atoms with E-state index in [-0.39, 0.29) is 0 Å². The highest BCUT2D eigenvalue weighted by Crippen LogP contribution is 2.28. The molecule has 0 amide bonds. The van der Waals surface area contributed by atoms with E-state index in [1.807, 2.05) is 18.2 Å². The van der Waals surface area contributed by atoms with Gasteiger partial charge in [-0.25, -0.2) is 0 Å². The normalized spacial score (nSPS) is 16.1. The molecule has 130 valence electrons. The fourth-order valence-corrected chi connectivity index (χ4v) is 3.11. The molecule has 0 heterocycles. The number of methoxy groups -OCH3 is 2. The van der Waals surface area contributed by atoms with Gasteiger partial charge in [0.25, 0.3) is 0 Å². The second-order valence-electron chi connectivity index (χ2n) is 6.55. The van der Waals surface area contributed by atoms with Gasteiger partial charge in [-0.2, -0.15) is 0 Å². The second-order valence-corrected chi connectivity index (χ2v) is 6.55. The van der Waals surface area contributed by atoms with Crippen LogP contribution in [0.2, 0.25) is 0 Å². The molecule has 0 aliphatic heterocycles. The molecule has 1 aromatic rings. The lowest BCUT2D eigenvalue weighted by Crippen LogP contribution is -2.01. The molecule has 1 aliphatic carbocycles. The van der Waals surface area contributed by atoms with E-state index in [9.17, 15) is 4.79 Å². The minimum absolute atomic E-state index is 0.344. The van der Waals surface area contributed by atoms with Crippen LogP contribution in [0.4, 0.5) is 0 Å². The fraction of sp³-hybridized carbons (Fsp3) is 0.476. The summed E-state index contributed by atoms with van der Waals surface area (Å²) in [4.78, 5) is 11.9. The molecule has 3 nitrogen and oxygen atoms in total. The highest BCUT2D eigenvalue weighted by Gasteiger charge is 2.20. The van der Waals surface area contributed by atoms with E-state index in [2.05, 4.69) is 26.0 Å². The highest BCUT2D eigenvalue weighted by molar-refractivity contribution is 5.98. The Labute approximate surface area is 145 Å². The molecule has 0 bridgehead atoms. The van der Waals surface area contributed by atoms with Crippen molar-refractivity contribution in [2.24, 2.45) is 5.92 Å². The maximum Gasteiger partial charge on any atom is 0.159 e. The van der Waals surface area contributed by atoms with Crippen LogP contribution in [0.3, 0.4) is 0 Å². The molecule has 3 heteroatoms. The Kier molecular flexibility index (Phi) is 6.65. The van der Waals surface area contributed by atoms with Crippen LogP contribution in [0, 0.1) is 5.92 Å². The lowest BCUT2D eigenvalue weighted by atomic mass is 9.97. The number of ketones is 1. The summed E-state index contributed by atoms with van der Waals surface area (Å²) in [5.41, 5.74) is 3.54. The molecule has 0 N–H and O–H groups in total. The third kappa shape index (κ3) is 4.98. The number of allylic oxidation sites excluding steroid dienone is 4. The van der Waals surface area contributed by atoms with Crippen LogP contribution in [0.25, 0.3) is 0 Å². The molecule has 0 aromatic heterocycles. The van der Waals surface area contributed by atoms with Gasteiger partial charge in [0, 0.05) is 12.5 Å². The molecular formula is C21H28O3. The first-order valence-electron chi connectivity index (χ1n) is 8.64. The first-order chi connectivity index (χ1) is 11.5. The third-order valence-electron chi connectivity index (χ3n) is 4.58. The van der Waals surface area contributed by atoms with Gasteiger partial charge in [-0.15, -0.1) is 0 Å². The number of carbonyl (C=O) groups is 1. The second kappa shape index (κ2) is 8.72. The van der Waals surface area contributed by atoms with Crippen molar-refractivity contribution in [1.82, 2.24) is 0 Å². The summed E-state index contributed by atoms with van der Waals surface area (Å²) in [6.45, 7) is 4.27. The lowest BCUT2D eigenvalue weighted by Gasteiger charge is -2.09. The van der Waals surface area contributed by atoms with Crippen molar-refractivity contribution in [3.63, 3.8) is 0 Å². The number of aryl methyl sites for hydroxylation is 1. The maximum absolute atomic E-state index is 11.9. The Hall–Kier alpha value is -2.03. The van der Waals surface area contributed by atoms with Crippen LogP contribution in [-0.2, 0) is 11.2 Å². The molecule has 1 atom stereocenters. The van der Waals surface area contributed by atoms with Gasteiger partial charge in [-0.3, -0.25) is 4.79 Å². The zero-order valence-electron chi connectivity index (χ0n) is 15.2. The summed E-state index contributed by atoms with van der Waals surface area (Å²) in [7, 11) is 3.34. The van der Waals surface area contributed by atoms with E-state index in [1.54, 1.807) is 14.2 Å². The average Bonchev–Trinajstić information content (AvgIpc) is 2.90. The zero-order valence-corrected chi connectivity index (χ0v) is 15.2. The SMILES string of the molecule is COc1cc(CC/C=C\C(C)CC2=C(C)CCC2=O)cc(OC)c1. The van der Waals surface area contributed by atoms with Gasteiger partial charge < -0.3 is 9.47 Å². The Morgan fingerprint density at radius 2 is 1.79 bits per heavy atom. The van der Waals surface area contributed by atoms with E-state index >= 15 is 0 Å². The average molecular weight is 328 g/mol. The Morgan fingerprint density at radius 3 is 2.33 bits per heavy atom. The molecule has 1 aliphatic rings. The van der Waals surface area contributed by atoms with E-state index in [0.29, 0.717) is 18.1 Å². The van der Waals surface area contributed by atoms with E-state index < -0.39 is 0 Å². The summed E-state index contributed by atoms with van der Waals surface area (Å²) in [5.74, 6) is 2.39. The number of benzene rings is 1. The third-order valence-corrected chi connectivity index (χ3v) is 4.58. The van der Waals surface area contributed by atoms with Crippen LogP contribution in [0.5, 0.6) is 11.5 Å². The standard InChI is InChI=1S/C21H28O3/c1-15(11-20-16(2)9-10-21(20)22)7-5-6-8-17-12-18(23-3)14-19(13-17)24-4/h5,7,12-15H,6,8-11H2,1-4H3/b7-5-. The van der Waals surface area contributed by atoms with Gasteiger partial charge in [0.15, 0.2) is 5.78 Å². The molecule has 2 rings (SSSR count). The summed E-state index contributed by atoms with van der Waals surface area (Å²) in [6, 6.07) is 5.98. The Balaban J connectivity index is 1.86.